The third-order valence-electron chi connectivity index (χ3n) is 2.08. The van der Waals surface area contributed by atoms with E-state index in [1.54, 1.807) is 6.07 Å². The number of hydrogen-bond donors (Lipinski definition) is 0. The Labute approximate surface area is 100 Å². The van der Waals surface area contributed by atoms with Gasteiger partial charge in [-0.25, -0.2) is 0 Å². The molecule has 0 fully saturated rings. The predicted molar refractivity (Wildman–Crippen MR) is 63.6 cm³/mol. The summed E-state index contributed by atoms with van der Waals surface area (Å²) in [6.07, 6.45) is 1.54. The lowest BCUT2D eigenvalue weighted by Crippen LogP contribution is -1.99. The molecule has 0 atom stereocenters. The first-order valence-electron chi connectivity index (χ1n) is 4.44. The second-order valence-electron chi connectivity index (χ2n) is 3.30. The molecule has 0 spiro atoms. The van der Waals surface area contributed by atoms with Crippen molar-refractivity contribution in [2.75, 3.05) is 0 Å². The van der Waals surface area contributed by atoms with E-state index in [4.69, 9.17) is 4.42 Å². The van der Waals surface area contributed by atoms with Crippen molar-refractivity contribution in [1.29, 1.82) is 0 Å². The van der Waals surface area contributed by atoms with E-state index in [2.05, 4.69) is 15.9 Å². The van der Waals surface area contributed by atoms with E-state index >= 15 is 0 Å². The van der Waals surface area contributed by atoms with Crippen molar-refractivity contribution >= 4 is 33.0 Å². The van der Waals surface area contributed by atoms with Crippen LogP contribution in [0.15, 0.2) is 27.3 Å². The fourth-order valence-corrected chi connectivity index (χ4v) is 3.10. The van der Waals surface area contributed by atoms with E-state index < -0.39 is 0 Å². The molecule has 0 aliphatic carbocycles. The molecule has 0 saturated heterocycles. The molecule has 2 heterocycles. The molecule has 0 amide bonds. The maximum Gasteiger partial charge on any atom is 0.239 e. The maximum absolute atomic E-state index is 12.0. The monoisotopic (exact) mass is 284 g/mol. The number of thiophene rings is 1. The van der Waals surface area contributed by atoms with E-state index in [1.807, 2.05) is 19.9 Å². The fourth-order valence-electron chi connectivity index (χ4n) is 1.35. The van der Waals surface area contributed by atoms with Crippen molar-refractivity contribution < 1.29 is 9.21 Å². The minimum Gasteiger partial charge on any atom is -0.461 e. The number of carbonyl (C=O) groups is 1. The number of carbonyl (C=O) groups excluding carboxylic acids is 1. The number of halogens is 1. The van der Waals surface area contributed by atoms with Crippen LogP contribution >= 0.6 is 27.3 Å². The first kappa shape index (κ1) is 10.6. The molecule has 0 aliphatic heterocycles. The van der Waals surface area contributed by atoms with Crippen LogP contribution in [-0.2, 0) is 0 Å². The van der Waals surface area contributed by atoms with E-state index in [0.717, 1.165) is 14.9 Å². The van der Waals surface area contributed by atoms with Gasteiger partial charge in [0, 0.05) is 9.35 Å². The Kier molecular flexibility index (Phi) is 2.80. The molecule has 0 saturated carbocycles. The van der Waals surface area contributed by atoms with Crippen LogP contribution in [0.2, 0.25) is 0 Å². The molecule has 0 N–H and O–H groups in total. The molecule has 2 aromatic heterocycles. The summed E-state index contributed by atoms with van der Waals surface area (Å²) in [6, 6.07) is 3.73. The normalized spacial score (nSPS) is 10.6. The average molecular weight is 285 g/mol. The molecule has 2 aromatic rings. The van der Waals surface area contributed by atoms with Gasteiger partial charge in [0.15, 0.2) is 5.76 Å². The van der Waals surface area contributed by atoms with E-state index in [9.17, 15) is 4.79 Å². The average Bonchev–Trinajstić information content (AvgIpc) is 2.71. The van der Waals surface area contributed by atoms with Crippen molar-refractivity contribution in [1.82, 2.24) is 0 Å². The molecular weight excluding hydrogens is 276 g/mol. The second kappa shape index (κ2) is 3.94. The standard InChI is InChI=1S/C11H9BrO2S/c1-6-3-4-14-10(6)9(13)11-8(12)5-7(2)15-11/h3-5H,1-2H3. The Bertz CT molecular complexity index is 510. The van der Waals surface area contributed by atoms with Crippen molar-refractivity contribution in [2.24, 2.45) is 0 Å². The third-order valence-corrected chi connectivity index (χ3v) is 4.02. The summed E-state index contributed by atoms with van der Waals surface area (Å²) in [5, 5.41) is 0. The highest BCUT2D eigenvalue weighted by Gasteiger charge is 2.19. The Morgan fingerprint density at radius 3 is 2.67 bits per heavy atom. The van der Waals surface area contributed by atoms with Gasteiger partial charge >= 0.3 is 0 Å². The van der Waals surface area contributed by atoms with Gasteiger partial charge in [0.1, 0.15) is 0 Å². The summed E-state index contributed by atoms with van der Waals surface area (Å²) in [6.45, 7) is 3.84. The fraction of sp³-hybridized carbons (Fsp3) is 0.182. The van der Waals surface area contributed by atoms with Crippen LogP contribution < -0.4 is 0 Å². The van der Waals surface area contributed by atoms with Gasteiger partial charge in [-0.2, -0.15) is 0 Å². The Balaban J connectivity index is 2.45. The summed E-state index contributed by atoms with van der Waals surface area (Å²) >= 11 is 4.85. The zero-order chi connectivity index (χ0) is 11.0. The quantitative estimate of drug-likeness (QED) is 0.782. The highest BCUT2D eigenvalue weighted by molar-refractivity contribution is 9.10. The Morgan fingerprint density at radius 2 is 2.20 bits per heavy atom. The van der Waals surface area contributed by atoms with Crippen LogP contribution in [0, 0.1) is 13.8 Å². The van der Waals surface area contributed by atoms with Gasteiger partial charge in [-0.3, -0.25) is 4.79 Å². The summed E-state index contributed by atoms with van der Waals surface area (Å²) in [5.74, 6) is 0.375. The zero-order valence-corrected chi connectivity index (χ0v) is 10.7. The van der Waals surface area contributed by atoms with Crippen molar-refractivity contribution in [3.63, 3.8) is 0 Å². The third kappa shape index (κ3) is 1.92. The van der Waals surface area contributed by atoms with Crippen LogP contribution in [0.25, 0.3) is 0 Å². The number of rotatable bonds is 2. The topological polar surface area (TPSA) is 30.2 Å². The highest BCUT2D eigenvalue weighted by atomic mass is 79.9. The number of furan rings is 1. The first-order valence-corrected chi connectivity index (χ1v) is 6.05. The first-order chi connectivity index (χ1) is 7.09. The Hall–Kier alpha value is -0.870. The summed E-state index contributed by atoms with van der Waals surface area (Å²) in [4.78, 5) is 13.9. The molecule has 15 heavy (non-hydrogen) atoms. The lowest BCUT2D eigenvalue weighted by molar-refractivity contribution is 0.101. The summed E-state index contributed by atoms with van der Waals surface area (Å²) < 4.78 is 6.02. The largest absolute Gasteiger partial charge is 0.461 e. The van der Waals surface area contributed by atoms with E-state index in [-0.39, 0.29) is 5.78 Å². The van der Waals surface area contributed by atoms with E-state index in [0.29, 0.717) is 10.6 Å². The smallest absolute Gasteiger partial charge is 0.239 e. The van der Waals surface area contributed by atoms with Crippen LogP contribution in [0.5, 0.6) is 0 Å². The molecular formula is C11H9BrO2S. The van der Waals surface area contributed by atoms with Gasteiger partial charge in [-0.05, 0) is 47.5 Å². The van der Waals surface area contributed by atoms with Crippen LogP contribution in [0.3, 0.4) is 0 Å². The molecule has 4 heteroatoms. The molecule has 0 aliphatic rings. The van der Waals surface area contributed by atoms with Crippen molar-refractivity contribution in [3.8, 4) is 0 Å². The molecule has 0 bridgehead atoms. The Morgan fingerprint density at radius 1 is 1.47 bits per heavy atom. The second-order valence-corrected chi connectivity index (χ2v) is 5.41. The molecule has 2 rings (SSSR count). The lowest BCUT2D eigenvalue weighted by Gasteiger charge is -1.95. The molecule has 0 aromatic carbocycles. The minimum absolute atomic E-state index is 0.0533. The SMILES string of the molecule is Cc1cc(Br)c(C(=O)c2occc2C)s1. The number of hydrogen-bond acceptors (Lipinski definition) is 3. The highest BCUT2D eigenvalue weighted by Crippen LogP contribution is 2.29. The molecule has 78 valence electrons. The van der Waals surface area contributed by atoms with Gasteiger partial charge in [0.05, 0.1) is 11.1 Å². The minimum atomic E-state index is -0.0533. The molecule has 0 radical (unpaired) electrons. The van der Waals surface area contributed by atoms with Crippen molar-refractivity contribution in [3.05, 3.63) is 43.9 Å². The number of ketones is 1. The van der Waals surface area contributed by atoms with Crippen LogP contribution in [-0.4, -0.2) is 5.78 Å². The lowest BCUT2D eigenvalue weighted by atomic mass is 10.2. The van der Waals surface area contributed by atoms with Crippen molar-refractivity contribution in [2.45, 2.75) is 13.8 Å². The molecule has 0 unspecified atom stereocenters. The van der Waals surface area contributed by atoms with Gasteiger partial charge in [-0.1, -0.05) is 0 Å². The van der Waals surface area contributed by atoms with Gasteiger partial charge in [0.25, 0.3) is 0 Å². The molecule has 2 nitrogen and oxygen atoms in total. The maximum atomic E-state index is 12.0. The zero-order valence-electron chi connectivity index (χ0n) is 8.33. The summed E-state index contributed by atoms with van der Waals surface area (Å²) in [5.41, 5.74) is 0.873. The number of aryl methyl sites for hydroxylation is 2. The van der Waals surface area contributed by atoms with Crippen LogP contribution in [0.4, 0.5) is 0 Å². The predicted octanol–water partition coefficient (Wildman–Crippen LogP) is 3.95. The van der Waals surface area contributed by atoms with Gasteiger partial charge < -0.3 is 4.42 Å². The van der Waals surface area contributed by atoms with Crippen LogP contribution in [0.1, 0.15) is 25.9 Å². The van der Waals surface area contributed by atoms with Gasteiger partial charge in [-0.15, -0.1) is 11.3 Å². The summed E-state index contributed by atoms with van der Waals surface area (Å²) in [7, 11) is 0. The van der Waals surface area contributed by atoms with E-state index in [1.165, 1.54) is 17.6 Å². The van der Waals surface area contributed by atoms with Gasteiger partial charge in [0.2, 0.25) is 5.78 Å².